The molecule has 0 fully saturated rings. The van der Waals surface area contributed by atoms with Gasteiger partial charge >= 0.3 is 6.09 Å². The largest absolute Gasteiger partial charge is 0.465 e. The summed E-state index contributed by atoms with van der Waals surface area (Å²) in [5.74, 6) is -0.369. The second kappa shape index (κ2) is 7.29. The van der Waals surface area contributed by atoms with Gasteiger partial charge in [0.05, 0.1) is 0 Å². The highest BCUT2D eigenvalue weighted by molar-refractivity contribution is 5.85. The van der Waals surface area contributed by atoms with Crippen LogP contribution in [-0.2, 0) is 11.2 Å². The van der Waals surface area contributed by atoms with Crippen LogP contribution in [0, 0.1) is 0 Å². The number of rotatable bonds is 6. The summed E-state index contributed by atoms with van der Waals surface area (Å²) in [7, 11) is 0. The summed E-state index contributed by atoms with van der Waals surface area (Å²) in [4.78, 5) is 22.4. The van der Waals surface area contributed by atoms with Crippen LogP contribution >= 0.6 is 0 Å². The van der Waals surface area contributed by atoms with Gasteiger partial charge in [0.25, 0.3) is 0 Å². The van der Waals surface area contributed by atoms with Crippen LogP contribution in [0.15, 0.2) is 30.3 Å². The van der Waals surface area contributed by atoms with Crippen molar-refractivity contribution in [3.05, 3.63) is 35.9 Å². The molecule has 1 atom stereocenters. The van der Waals surface area contributed by atoms with Crippen LogP contribution in [0.2, 0.25) is 0 Å². The average Bonchev–Trinajstić information content (AvgIpc) is 2.36. The fourth-order valence-corrected chi connectivity index (χ4v) is 1.53. The standard InChI is InChI=1S/C12H17N3O3/c13-6-7-14-11(16)10(15-12(17)18)8-9-4-2-1-3-5-9/h1-5,10,15H,6-8,13H2,(H,14,16)(H,17,18). The molecule has 0 aliphatic rings. The van der Waals surface area contributed by atoms with Crippen molar-refractivity contribution in [1.29, 1.82) is 0 Å². The summed E-state index contributed by atoms with van der Waals surface area (Å²) in [5, 5.41) is 13.5. The first-order valence-electron chi connectivity index (χ1n) is 5.64. The first kappa shape index (κ1) is 14.0. The molecule has 0 bridgehead atoms. The van der Waals surface area contributed by atoms with Crippen LogP contribution in [0.5, 0.6) is 0 Å². The Hall–Kier alpha value is -2.08. The zero-order valence-electron chi connectivity index (χ0n) is 9.93. The maximum Gasteiger partial charge on any atom is 0.405 e. The summed E-state index contributed by atoms with van der Waals surface area (Å²) in [6.45, 7) is 0.641. The predicted molar refractivity (Wildman–Crippen MR) is 67.2 cm³/mol. The second-order valence-corrected chi connectivity index (χ2v) is 3.77. The van der Waals surface area contributed by atoms with Crippen LogP contribution in [0.4, 0.5) is 4.79 Å². The smallest absolute Gasteiger partial charge is 0.405 e. The van der Waals surface area contributed by atoms with Crippen LogP contribution < -0.4 is 16.4 Å². The molecule has 0 saturated heterocycles. The van der Waals surface area contributed by atoms with E-state index in [1.54, 1.807) is 0 Å². The first-order valence-corrected chi connectivity index (χ1v) is 5.64. The van der Waals surface area contributed by atoms with Crippen LogP contribution in [-0.4, -0.2) is 36.2 Å². The van der Waals surface area contributed by atoms with Crippen molar-refractivity contribution in [3.63, 3.8) is 0 Å². The normalized spacial score (nSPS) is 11.6. The molecule has 0 heterocycles. The molecule has 98 valence electrons. The quantitative estimate of drug-likeness (QED) is 0.568. The van der Waals surface area contributed by atoms with E-state index in [9.17, 15) is 9.59 Å². The zero-order chi connectivity index (χ0) is 13.4. The van der Waals surface area contributed by atoms with E-state index in [2.05, 4.69) is 10.6 Å². The van der Waals surface area contributed by atoms with Gasteiger partial charge in [-0.3, -0.25) is 4.79 Å². The summed E-state index contributed by atoms with van der Waals surface area (Å²) >= 11 is 0. The number of carbonyl (C=O) groups excluding carboxylic acids is 1. The Morgan fingerprint density at radius 2 is 1.94 bits per heavy atom. The summed E-state index contributed by atoms with van der Waals surface area (Å²) in [5.41, 5.74) is 6.17. The van der Waals surface area contributed by atoms with Gasteiger partial charge in [-0.1, -0.05) is 30.3 Å². The van der Waals surface area contributed by atoms with Gasteiger partial charge in [-0.15, -0.1) is 0 Å². The fraction of sp³-hybridized carbons (Fsp3) is 0.333. The fourth-order valence-electron chi connectivity index (χ4n) is 1.53. The zero-order valence-corrected chi connectivity index (χ0v) is 9.93. The van der Waals surface area contributed by atoms with Gasteiger partial charge in [0.15, 0.2) is 0 Å². The third-order valence-electron chi connectivity index (χ3n) is 2.34. The van der Waals surface area contributed by atoms with E-state index in [-0.39, 0.29) is 5.91 Å². The molecule has 2 amide bonds. The molecule has 0 spiro atoms. The van der Waals surface area contributed by atoms with Crippen molar-refractivity contribution in [2.24, 2.45) is 5.73 Å². The lowest BCUT2D eigenvalue weighted by atomic mass is 10.1. The van der Waals surface area contributed by atoms with Gasteiger partial charge in [0.1, 0.15) is 6.04 Å². The minimum absolute atomic E-state index is 0.309. The number of carbonyl (C=O) groups is 2. The number of benzene rings is 1. The Morgan fingerprint density at radius 3 is 2.50 bits per heavy atom. The molecular formula is C12H17N3O3. The average molecular weight is 251 g/mol. The topological polar surface area (TPSA) is 104 Å². The van der Waals surface area contributed by atoms with E-state index >= 15 is 0 Å². The van der Waals surface area contributed by atoms with Crippen molar-refractivity contribution in [2.45, 2.75) is 12.5 Å². The van der Waals surface area contributed by atoms with Crippen LogP contribution in [0.1, 0.15) is 5.56 Å². The maximum absolute atomic E-state index is 11.7. The Balaban J connectivity index is 2.66. The molecule has 0 aliphatic carbocycles. The maximum atomic E-state index is 11.7. The minimum atomic E-state index is -1.22. The molecule has 0 aromatic heterocycles. The van der Waals surface area contributed by atoms with Crippen molar-refractivity contribution < 1.29 is 14.7 Å². The summed E-state index contributed by atoms with van der Waals surface area (Å²) < 4.78 is 0. The Bertz CT molecular complexity index is 395. The molecule has 0 radical (unpaired) electrons. The van der Waals surface area contributed by atoms with Gasteiger partial charge < -0.3 is 21.5 Å². The number of amides is 2. The van der Waals surface area contributed by atoms with Gasteiger partial charge in [0.2, 0.25) is 5.91 Å². The molecule has 1 aromatic carbocycles. The monoisotopic (exact) mass is 251 g/mol. The number of nitrogens with two attached hydrogens (primary N) is 1. The van der Waals surface area contributed by atoms with Gasteiger partial charge in [-0.2, -0.15) is 0 Å². The van der Waals surface area contributed by atoms with E-state index in [0.29, 0.717) is 19.5 Å². The van der Waals surface area contributed by atoms with E-state index in [4.69, 9.17) is 10.8 Å². The highest BCUT2D eigenvalue weighted by atomic mass is 16.4. The third kappa shape index (κ3) is 4.84. The summed E-state index contributed by atoms with van der Waals surface area (Å²) in [6.07, 6.45) is -0.914. The van der Waals surface area contributed by atoms with Gasteiger partial charge in [0, 0.05) is 19.5 Å². The molecule has 18 heavy (non-hydrogen) atoms. The lowest BCUT2D eigenvalue weighted by Gasteiger charge is -2.16. The first-order chi connectivity index (χ1) is 8.63. The third-order valence-corrected chi connectivity index (χ3v) is 2.34. The molecule has 1 rings (SSSR count). The van der Waals surface area contributed by atoms with E-state index in [1.165, 1.54) is 0 Å². The SMILES string of the molecule is NCCNC(=O)C(Cc1ccccc1)NC(=O)O. The predicted octanol–water partition coefficient (Wildman–Crippen LogP) is -0.0598. The van der Waals surface area contributed by atoms with Crippen molar-refractivity contribution in [1.82, 2.24) is 10.6 Å². The van der Waals surface area contributed by atoms with Crippen molar-refractivity contribution in [3.8, 4) is 0 Å². The molecule has 1 aromatic rings. The van der Waals surface area contributed by atoms with Gasteiger partial charge in [-0.25, -0.2) is 4.79 Å². The Morgan fingerprint density at radius 1 is 1.28 bits per heavy atom. The summed E-state index contributed by atoms with van der Waals surface area (Å²) in [6, 6.07) is 8.41. The molecule has 6 nitrogen and oxygen atoms in total. The molecular weight excluding hydrogens is 234 g/mol. The lowest BCUT2D eigenvalue weighted by molar-refractivity contribution is -0.122. The molecule has 1 unspecified atom stereocenters. The Labute approximate surface area is 105 Å². The van der Waals surface area contributed by atoms with Crippen molar-refractivity contribution in [2.75, 3.05) is 13.1 Å². The van der Waals surface area contributed by atoms with Crippen molar-refractivity contribution >= 4 is 12.0 Å². The molecule has 5 N–H and O–H groups in total. The highest BCUT2D eigenvalue weighted by Gasteiger charge is 2.20. The number of nitrogens with one attached hydrogen (secondary N) is 2. The molecule has 6 heteroatoms. The van der Waals surface area contributed by atoms with Crippen LogP contribution in [0.25, 0.3) is 0 Å². The van der Waals surface area contributed by atoms with Crippen LogP contribution in [0.3, 0.4) is 0 Å². The van der Waals surface area contributed by atoms with Gasteiger partial charge in [-0.05, 0) is 5.56 Å². The number of hydrogen-bond acceptors (Lipinski definition) is 3. The number of carboxylic acid groups (broad SMARTS) is 1. The lowest BCUT2D eigenvalue weighted by Crippen LogP contribution is -2.48. The molecule has 0 aliphatic heterocycles. The number of hydrogen-bond donors (Lipinski definition) is 4. The van der Waals surface area contributed by atoms with E-state index < -0.39 is 12.1 Å². The molecule has 0 saturated carbocycles. The Kier molecular flexibility index (Phi) is 5.66. The second-order valence-electron chi connectivity index (χ2n) is 3.77. The minimum Gasteiger partial charge on any atom is -0.465 e. The van der Waals surface area contributed by atoms with E-state index in [0.717, 1.165) is 5.56 Å². The highest BCUT2D eigenvalue weighted by Crippen LogP contribution is 2.03. The van der Waals surface area contributed by atoms with E-state index in [1.807, 2.05) is 30.3 Å².